The van der Waals surface area contributed by atoms with Crippen LogP contribution in [0.4, 0.5) is 0 Å². The lowest BCUT2D eigenvalue weighted by Crippen LogP contribution is -2.01. The van der Waals surface area contributed by atoms with Crippen molar-refractivity contribution in [2.75, 3.05) is 7.11 Å². The van der Waals surface area contributed by atoms with Gasteiger partial charge in [-0.05, 0) is 26.0 Å². The highest BCUT2D eigenvalue weighted by Crippen LogP contribution is 2.25. The van der Waals surface area contributed by atoms with Gasteiger partial charge in [-0.2, -0.15) is 5.10 Å². The van der Waals surface area contributed by atoms with E-state index in [2.05, 4.69) is 21.0 Å². The summed E-state index contributed by atoms with van der Waals surface area (Å²) in [7, 11) is 1.38. The fourth-order valence-corrected chi connectivity index (χ4v) is 2.10. The molecule has 17 heavy (non-hydrogen) atoms. The zero-order valence-electron chi connectivity index (χ0n) is 9.90. The number of carbonyl (C=O) groups excluding carboxylic acids is 1. The molecule has 0 atom stereocenters. The summed E-state index contributed by atoms with van der Waals surface area (Å²) in [6.45, 7) is 4.08. The highest BCUT2D eigenvalue weighted by Gasteiger charge is 2.15. The van der Waals surface area contributed by atoms with Gasteiger partial charge in [0.25, 0.3) is 0 Å². The van der Waals surface area contributed by atoms with Crippen LogP contribution in [-0.4, -0.2) is 22.9 Å². The highest BCUT2D eigenvalue weighted by atomic mass is 79.9. The molecular weight excluding hydrogens is 284 g/mol. The second kappa shape index (κ2) is 4.49. The number of rotatable bonds is 2. The minimum absolute atomic E-state index is 0.256. The number of methoxy groups -OCH3 is 1. The SMILES string of the molecule is COC(=O)c1cc(Br)cc2nn(C(C)C)cc12. The Labute approximate surface area is 108 Å². The average molecular weight is 297 g/mol. The van der Waals surface area contributed by atoms with Crippen LogP contribution in [0.1, 0.15) is 30.2 Å². The normalized spacial score (nSPS) is 11.1. The topological polar surface area (TPSA) is 44.1 Å². The smallest absolute Gasteiger partial charge is 0.338 e. The van der Waals surface area contributed by atoms with Crippen molar-refractivity contribution >= 4 is 32.8 Å². The molecule has 0 aliphatic rings. The van der Waals surface area contributed by atoms with Crippen molar-refractivity contribution in [3.63, 3.8) is 0 Å². The van der Waals surface area contributed by atoms with E-state index in [4.69, 9.17) is 4.74 Å². The molecule has 5 heteroatoms. The average Bonchev–Trinajstić information content (AvgIpc) is 2.70. The molecule has 0 radical (unpaired) electrons. The molecule has 0 aliphatic carbocycles. The molecule has 0 aliphatic heterocycles. The molecule has 1 heterocycles. The van der Waals surface area contributed by atoms with Crippen LogP contribution in [0.2, 0.25) is 0 Å². The lowest BCUT2D eigenvalue weighted by atomic mass is 10.1. The Kier molecular flexibility index (Phi) is 3.19. The second-order valence-electron chi connectivity index (χ2n) is 4.08. The van der Waals surface area contributed by atoms with Crippen LogP contribution in [0.25, 0.3) is 10.9 Å². The van der Waals surface area contributed by atoms with Crippen LogP contribution in [0.5, 0.6) is 0 Å². The van der Waals surface area contributed by atoms with Gasteiger partial charge in [0, 0.05) is 22.1 Å². The van der Waals surface area contributed by atoms with E-state index in [-0.39, 0.29) is 12.0 Å². The van der Waals surface area contributed by atoms with Crippen LogP contribution < -0.4 is 0 Å². The minimum Gasteiger partial charge on any atom is -0.465 e. The van der Waals surface area contributed by atoms with Crippen LogP contribution in [0.3, 0.4) is 0 Å². The number of benzene rings is 1. The van der Waals surface area contributed by atoms with Crippen molar-refractivity contribution in [2.24, 2.45) is 0 Å². The van der Waals surface area contributed by atoms with Gasteiger partial charge < -0.3 is 4.74 Å². The standard InChI is InChI=1S/C12H13BrN2O2/c1-7(2)15-6-10-9(12(16)17-3)4-8(13)5-11(10)14-15/h4-7H,1-3H3. The maximum Gasteiger partial charge on any atom is 0.338 e. The quantitative estimate of drug-likeness (QED) is 0.800. The predicted octanol–water partition coefficient (Wildman–Crippen LogP) is 3.17. The van der Waals surface area contributed by atoms with Crippen LogP contribution in [-0.2, 0) is 4.74 Å². The Morgan fingerprint density at radius 3 is 2.76 bits per heavy atom. The summed E-state index contributed by atoms with van der Waals surface area (Å²) in [6, 6.07) is 3.90. The van der Waals surface area contributed by atoms with Crippen molar-refractivity contribution in [2.45, 2.75) is 19.9 Å². The number of hydrogen-bond acceptors (Lipinski definition) is 3. The van der Waals surface area contributed by atoms with E-state index in [0.717, 1.165) is 15.4 Å². The zero-order valence-corrected chi connectivity index (χ0v) is 11.5. The molecule has 1 aromatic carbocycles. The lowest BCUT2D eigenvalue weighted by molar-refractivity contribution is 0.0603. The van der Waals surface area contributed by atoms with Gasteiger partial charge in [0.15, 0.2) is 0 Å². The Morgan fingerprint density at radius 2 is 2.18 bits per heavy atom. The molecule has 0 saturated carbocycles. The third-order valence-corrected chi connectivity index (χ3v) is 3.00. The fourth-order valence-electron chi connectivity index (χ4n) is 1.65. The highest BCUT2D eigenvalue weighted by molar-refractivity contribution is 9.10. The Hall–Kier alpha value is -1.36. The van der Waals surface area contributed by atoms with E-state index >= 15 is 0 Å². The van der Waals surface area contributed by atoms with Crippen LogP contribution in [0, 0.1) is 0 Å². The van der Waals surface area contributed by atoms with Crippen molar-refractivity contribution in [3.8, 4) is 0 Å². The number of hydrogen-bond donors (Lipinski definition) is 0. The van der Waals surface area contributed by atoms with Crippen molar-refractivity contribution < 1.29 is 9.53 Å². The molecule has 0 fully saturated rings. The minimum atomic E-state index is -0.348. The number of esters is 1. The summed E-state index contributed by atoms with van der Waals surface area (Å²) in [4.78, 5) is 11.7. The molecule has 0 bridgehead atoms. The molecule has 0 amide bonds. The number of carbonyl (C=O) groups is 1. The third-order valence-electron chi connectivity index (χ3n) is 2.54. The second-order valence-corrected chi connectivity index (χ2v) is 5.00. The molecule has 0 saturated heterocycles. The van der Waals surface area contributed by atoms with Gasteiger partial charge in [0.2, 0.25) is 0 Å². The van der Waals surface area contributed by atoms with Gasteiger partial charge >= 0.3 is 5.97 Å². The molecule has 0 N–H and O–H groups in total. The van der Waals surface area contributed by atoms with E-state index in [1.165, 1.54) is 7.11 Å². The molecule has 2 rings (SSSR count). The summed E-state index contributed by atoms with van der Waals surface area (Å²) in [5.74, 6) is -0.348. The van der Waals surface area contributed by atoms with Crippen molar-refractivity contribution in [1.29, 1.82) is 0 Å². The maximum absolute atomic E-state index is 11.7. The van der Waals surface area contributed by atoms with Crippen molar-refractivity contribution in [1.82, 2.24) is 9.78 Å². The predicted molar refractivity (Wildman–Crippen MR) is 69.2 cm³/mol. The van der Waals surface area contributed by atoms with E-state index in [1.54, 1.807) is 6.07 Å². The maximum atomic E-state index is 11.7. The van der Waals surface area contributed by atoms with E-state index < -0.39 is 0 Å². The molecule has 1 aromatic heterocycles. The Morgan fingerprint density at radius 1 is 1.47 bits per heavy atom. The fraction of sp³-hybridized carbons (Fsp3) is 0.333. The van der Waals surface area contributed by atoms with E-state index in [9.17, 15) is 4.79 Å². The summed E-state index contributed by atoms with van der Waals surface area (Å²) >= 11 is 3.37. The Bertz CT molecular complexity index is 575. The zero-order chi connectivity index (χ0) is 12.6. The molecule has 0 spiro atoms. The van der Waals surface area contributed by atoms with Crippen LogP contribution in [0.15, 0.2) is 22.8 Å². The molecule has 90 valence electrons. The first-order chi connectivity index (χ1) is 8.02. The summed E-state index contributed by atoms with van der Waals surface area (Å²) in [6.07, 6.45) is 1.87. The van der Waals surface area contributed by atoms with Gasteiger partial charge in [-0.1, -0.05) is 15.9 Å². The first-order valence-corrected chi connectivity index (χ1v) is 6.09. The number of fused-ring (bicyclic) bond motifs is 1. The largest absolute Gasteiger partial charge is 0.465 e. The lowest BCUT2D eigenvalue weighted by Gasteiger charge is -2.02. The van der Waals surface area contributed by atoms with E-state index in [1.807, 2.05) is 30.8 Å². The van der Waals surface area contributed by atoms with Crippen LogP contribution >= 0.6 is 15.9 Å². The summed E-state index contributed by atoms with van der Waals surface area (Å²) in [5.41, 5.74) is 1.32. The van der Waals surface area contributed by atoms with Crippen molar-refractivity contribution in [3.05, 3.63) is 28.4 Å². The third kappa shape index (κ3) is 2.20. The van der Waals surface area contributed by atoms with Gasteiger partial charge in [-0.3, -0.25) is 4.68 Å². The van der Waals surface area contributed by atoms with Gasteiger partial charge in [-0.25, -0.2) is 4.79 Å². The first-order valence-electron chi connectivity index (χ1n) is 5.29. The molecule has 4 nitrogen and oxygen atoms in total. The molecule has 0 unspecified atom stereocenters. The monoisotopic (exact) mass is 296 g/mol. The number of halogens is 1. The van der Waals surface area contributed by atoms with Gasteiger partial charge in [-0.15, -0.1) is 0 Å². The Balaban J connectivity index is 2.69. The first kappa shape index (κ1) is 12.1. The van der Waals surface area contributed by atoms with Gasteiger partial charge in [0.1, 0.15) is 0 Å². The van der Waals surface area contributed by atoms with Gasteiger partial charge in [0.05, 0.1) is 18.2 Å². The number of aromatic nitrogens is 2. The number of ether oxygens (including phenoxy) is 1. The summed E-state index contributed by atoms with van der Waals surface area (Å²) < 4.78 is 7.43. The summed E-state index contributed by atoms with van der Waals surface area (Å²) in [5, 5.41) is 5.24. The molecule has 2 aromatic rings. The number of nitrogens with zero attached hydrogens (tertiary/aromatic N) is 2. The molecular formula is C12H13BrN2O2. The van der Waals surface area contributed by atoms with E-state index in [0.29, 0.717) is 5.56 Å².